The van der Waals surface area contributed by atoms with E-state index in [9.17, 15) is 0 Å². The van der Waals surface area contributed by atoms with Gasteiger partial charge in [-0.1, -0.05) is 0 Å². The Morgan fingerprint density at radius 3 is 2.93 bits per heavy atom. The Balaban J connectivity index is 1.86. The van der Waals surface area contributed by atoms with E-state index in [1.807, 2.05) is 19.2 Å². The molecular formula is C11H15BrN2O. The summed E-state index contributed by atoms with van der Waals surface area (Å²) in [6, 6.07) is 2.03. The summed E-state index contributed by atoms with van der Waals surface area (Å²) in [5.74, 6) is 1.52. The summed E-state index contributed by atoms with van der Waals surface area (Å²) in [6.45, 7) is 2.95. The van der Waals surface area contributed by atoms with Crippen LogP contribution >= 0.6 is 15.9 Å². The zero-order valence-electron chi connectivity index (χ0n) is 8.70. The lowest BCUT2D eigenvalue weighted by Crippen LogP contribution is -2.33. The van der Waals surface area contributed by atoms with Crippen LogP contribution in [-0.4, -0.2) is 22.7 Å². The molecule has 1 aromatic rings. The zero-order chi connectivity index (χ0) is 10.8. The van der Waals surface area contributed by atoms with E-state index < -0.39 is 0 Å². The second kappa shape index (κ2) is 4.49. The van der Waals surface area contributed by atoms with Gasteiger partial charge in [0.05, 0.1) is 6.10 Å². The van der Waals surface area contributed by atoms with Crippen LogP contribution in [0.1, 0.15) is 18.4 Å². The monoisotopic (exact) mass is 270 g/mol. The summed E-state index contributed by atoms with van der Waals surface area (Å²) in [5.41, 5.74) is 1.18. The molecule has 2 rings (SSSR count). The van der Waals surface area contributed by atoms with Crippen molar-refractivity contribution in [3.63, 3.8) is 0 Å². The van der Waals surface area contributed by atoms with Gasteiger partial charge in [-0.2, -0.15) is 0 Å². The highest BCUT2D eigenvalue weighted by Crippen LogP contribution is 2.27. The quantitative estimate of drug-likeness (QED) is 0.886. The van der Waals surface area contributed by atoms with Crippen LogP contribution in [0.2, 0.25) is 0 Å². The highest BCUT2D eigenvalue weighted by atomic mass is 79.9. The fourth-order valence-corrected chi connectivity index (χ4v) is 1.97. The van der Waals surface area contributed by atoms with E-state index >= 15 is 0 Å². The molecule has 0 saturated heterocycles. The number of aryl methyl sites for hydroxylation is 1. The van der Waals surface area contributed by atoms with Crippen LogP contribution in [0.15, 0.2) is 16.7 Å². The fourth-order valence-electron chi connectivity index (χ4n) is 1.75. The molecule has 4 heteroatoms. The van der Waals surface area contributed by atoms with E-state index in [0.717, 1.165) is 29.7 Å². The van der Waals surface area contributed by atoms with Crippen molar-refractivity contribution in [2.75, 3.05) is 11.9 Å². The van der Waals surface area contributed by atoms with Gasteiger partial charge in [-0.15, -0.1) is 0 Å². The first-order chi connectivity index (χ1) is 7.15. The van der Waals surface area contributed by atoms with Gasteiger partial charge in [0.2, 0.25) is 0 Å². The number of hydrogen-bond acceptors (Lipinski definition) is 3. The minimum Gasteiger partial charge on any atom is -0.393 e. The molecule has 1 aliphatic carbocycles. The lowest BCUT2D eigenvalue weighted by atomic mass is 9.82. The van der Waals surface area contributed by atoms with Crippen LogP contribution in [0.5, 0.6) is 0 Å². The average Bonchev–Trinajstić information content (AvgIpc) is 2.16. The van der Waals surface area contributed by atoms with Crippen molar-refractivity contribution in [2.24, 2.45) is 5.92 Å². The number of aromatic nitrogens is 1. The van der Waals surface area contributed by atoms with Crippen molar-refractivity contribution >= 4 is 21.7 Å². The Morgan fingerprint density at radius 2 is 2.33 bits per heavy atom. The van der Waals surface area contributed by atoms with Crippen molar-refractivity contribution in [3.8, 4) is 0 Å². The van der Waals surface area contributed by atoms with Gasteiger partial charge in [0, 0.05) is 17.2 Å². The van der Waals surface area contributed by atoms with E-state index in [-0.39, 0.29) is 6.10 Å². The van der Waals surface area contributed by atoms with Crippen LogP contribution in [0.3, 0.4) is 0 Å². The number of pyridine rings is 1. The van der Waals surface area contributed by atoms with Crippen molar-refractivity contribution < 1.29 is 5.11 Å². The number of anilines is 1. The van der Waals surface area contributed by atoms with Crippen LogP contribution < -0.4 is 5.32 Å². The fraction of sp³-hybridized carbons (Fsp3) is 0.545. The summed E-state index contributed by atoms with van der Waals surface area (Å²) < 4.78 is 1.03. The van der Waals surface area contributed by atoms with Gasteiger partial charge in [-0.3, -0.25) is 0 Å². The molecule has 3 nitrogen and oxygen atoms in total. The number of aliphatic hydroxyl groups is 1. The van der Waals surface area contributed by atoms with Gasteiger partial charge in [-0.05, 0) is 53.2 Å². The lowest BCUT2D eigenvalue weighted by molar-refractivity contribution is 0.0486. The molecule has 1 heterocycles. The van der Waals surface area contributed by atoms with Crippen LogP contribution in [0.25, 0.3) is 0 Å². The number of nitrogens with zero attached hydrogens (tertiary/aromatic N) is 1. The van der Waals surface area contributed by atoms with Crippen LogP contribution in [-0.2, 0) is 0 Å². The van der Waals surface area contributed by atoms with Gasteiger partial charge in [0.25, 0.3) is 0 Å². The molecule has 1 saturated carbocycles. The van der Waals surface area contributed by atoms with Gasteiger partial charge in [0.15, 0.2) is 0 Å². The molecule has 0 radical (unpaired) electrons. The standard InChI is InChI=1S/C11H15BrN2O/c1-7-2-11(14-6-10(7)12)13-5-8-3-9(15)4-8/h2,6,8-9,15H,3-5H2,1H3,(H,13,14). The number of rotatable bonds is 3. The molecule has 82 valence electrons. The number of aliphatic hydroxyl groups excluding tert-OH is 1. The van der Waals surface area contributed by atoms with Gasteiger partial charge in [-0.25, -0.2) is 4.98 Å². The SMILES string of the molecule is Cc1cc(NCC2CC(O)C2)ncc1Br. The Kier molecular flexibility index (Phi) is 3.26. The average molecular weight is 271 g/mol. The molecule has 0 unspecified atom stereocenters. The number of halogens is 1. The third-order valence-corrected chi connectivity index (χ3v) is 3.66. The first-order valence-corrected chi connectivity index (χ1v) is 5.98. The molecule has 1 aliphatic rings. The van der Waals surface area contributed by atoms with Crippen LogP contribution in [0.4, 0.5) is 5.82 Å². The first kappa shape index (κ1) is 10.9. The summed E-state index contributed by atoms with van der Waals surface area (Å²) in [6.07, 6.45) is 3.58. The van der Waals surface area contributed by atoms with Crippen molar-refractivity contribution in [3.05, 3.63) is 22.3 Å². The lowest BCUT2D eigenvalue weighted by Gasteiger charge is -2.31. The van der Waals surface area contributed by atoms with E-state index in [1.165, 1.54) is 5.56 Å². The Morgan fingerprint density at radius 1 is 1.60 bits per heavy atom. The van der Waals surface area contributed by atoms with Gasteiger partial charge >= 0.3 is 0 Å². The maximum absolute atomic E-state index is 9.15. The minimum atomic E-state index is -0.0728. The maximum atomic E-state index is 9.15. The Labute approximate surface area is 98.0 Å². The zero-order valence-corrected chi connectivity index (χ0v) is 10.3. The smallest absolute Gasteiger partial charge is 0.126 e. The summed E-state index contributed by atoms with van der Waals surface area (Å²) in [4.78, 5) is 4.27. The first-order valence-electron chi connectivity index (χ1n) is 5.19. The molecule has 1 fully saturated rings. The summed E-state index contributed by atoms with van der Waals surface area (Å²) >= 11 is 3.42. The van der Waals surface area contributed by atoms with Crippen molar-refractivity contribution in [1.82, 2.24) is 4.98 Å². The van der Waals surface area contributed by atoms with Crippen LogP contribution in [0, 0.1) is 12.8 Å². The largest absolute Gasteiger partial charge is 0.393 e. The molecule has 0 atom stereocenters. The predicted octanol–water partition coefficient (Wildman–Crippen LogP) is 2.34. The molecular weight excluding hydrogens is 256 g/mol. The summed E-state index contributed by atoms with van der Waals surface area (Å²) in [5, 5.41) is 12.4. The normalized spacial score (nSPS) is 24.7. The van der Waals surface area contributed by atoms with E-state index in [2.05, 4.69) is 26.2 Å². The third-order valence-electron chi connectivity index (χ3n) is 2.83. The van der Waals surface area contributed by atoms with Gasteiger partial charge in [0.1, 0.15) is 5.82 Å². The van der Waals surface area contributed by atoms with E-state index in [4.69, 9.17) is 5.11 Å². The highest BCUT2D eigenvalue weighted by Gasteiger charge is 2.26. The number of hydrogen-bond donors (Lipinski definition) is 2. The predicted molar refractivity (Wildman–Crippen MR) is 63.9 cm³/mol. The summed E-state index contributed by atoms with van der Waals surface area (Å²) in [7, 11) is 0. The number of nitrogens with one attached hydrogen (secondary N) is 1. The van der Waals surface area contributed by atoms with Gasteiger partial charge < -0.3 is 10.4 Å². The molecule has 0 aliphatic heterocycles. The second-order valence-electron chi connectivity index (χ2n) is 4.19. The maximum Gasteiger partial charge on any atom is 0.126 e. The van der Waals surface area contributed by atoms with E-state index in [0.29, 0.717) is 5.92 Å². The molecule has 1 aromatic heterocycles. The molecule has 0 spiro atoms. The third kappa shape index (κ3) is 2.69. The van der Waals surface area contributed by atoms with Crippen molar-refractivity contribution in [1.29, 1.82) is 0 Å². The molecule has 0 aromatic carbocycles. The Bertz CT molecular complexity index is 350. The van der Waals surface area contributed by atoms with Crippen molar-refractivity contribution in [2.45, 2.75) is 25.9 Å². The highest BCUT2D eigenvalue weighted by molar-refractivity contribution is 9.10. The molecule has 0 bridgehead atoms. The second-order valence-corrected chi connectivity index (χ2v) is 5.05. The molecule has 15 heavy (non-hydrogen) atoms. The van der Waals surface area contributed by atoms with E-state index in [1.54, 1.807) is 0 Å². The minimum absolute atomic E-state index is 0.0728. The topological polar surface area (TPSA) is 45.1 Å². The molecule has 0 amide bonds. The Hall–Kier alpha value is -0.610. The molecule has 2 N–H and O–H groups in total.